The highest BCUT2D eigenvalue weighted by molar-refractivity contribution is 7.98. The number of sulfonamides is 1. The van der Waals surface area contributed by atoms with E-state index in [0.29, 0.717) is 10.9 Å². The average molecular weight is 423 g/mol. The van der Waals surface area contributed by atoms with E-state index in [0.717, 1.165) is 26.3 Å². The third-order valence-corrected chi connectivity index (χ3v) is 7.13. The zero-order valence-corrected chi connectivity index (χ0v) is 17.5. The van der Waals surface area contributed by atoms with Gasteiger partial charge in [0.05, 0.1) is 16.4 Å². The summed E-state index contributed by atoms with van der Waals surface area (Å²) in [6.07, 6.45) is 1.37. The number of aryl methyl sites for hydroxylation is 1. The molecule has 0 saturated carbocycles. The van der Waals surface area contributed by atoms with E-state index in [2.05, 4.69) is 10.1 Å². The number of rotatable bonds is 6. The summed E-state index contributed by atoms with van der Waals surface area (Å²) in [5.74, 6) is 0.588. The van der Waals surface area contributed by atoms with Gasteiger partial charge < -0.3 is 0 Å². The molecule has 0 N–H and O–H groups in total. The Morgan fingerprint density at radius 3 is 2.44 bits per heavy atom. The highest BCUT2D eigenvalue weighted by Gasteiger charge is 2.18. The van der Waals surface area contributed by atoms with Gasteiger partial charge in [0.25, 0.3) is 0 Å². The molecule has 0 aliphatic carbocycles. The van der Waals surface area contributed by atoms with Gasteiger partial charge in [0.2, 0.25) is 10.0 Å². The Morgan fingerprint density at radius 1 is 1.15 bits per heavy atom. The fourth-order valence-electron chi connectivity index (χ4n) is 2.40. The molecule has 9 heteroatoms. The summed E-state index contributed by atoms with van der Waals surface area (Å²) in [4.78, 5) is 4.42. The Kier molecular flexibility index (Phi) is 5.90. The van der Waals surface area contributed by atoms with Crippen LogP contribution in [0.25, 0.3) is 5.69 Å². The lowest BCUT2D eigenvalue weighted by atomic mass is 10.3. The lowest BCUT2D eigenvalue weighted by Gasteiger charge is -2.11. The van der Waals surface area contributed by atoms with E-state index in [9.17, 15) is 8.42 Å². The molecule has 3 rings (SSSR count). The van der Waals surface area contributed by atoms with Gasteiger partial charge in [0.1, 0.15) is 10.0 Å². The Morgan fingerprint density at radius 2 is 1.85 bits per heavy atom. The molecular formula is C18H19ClN4O2S2. The van der Waals surface area contributed by atoms with E-state index in [1.54, 1.807) is 16.8 Å². The maximum atomic E-state index is 12.1. The second-order valence-corrected chi connectivity index (χ2v) is 9.52. The molecule has 0 atom stereocenters. The third-order valence-electron chi connectivity index (χ3n) is 3.97. The first-order chi connectivity index (χ1) is 12.8. The van der Waals surface area contributed by atoms with Gasteiger partial charge in [-0.25, -0.2) is 22.4 Å². The second kappa shape index (κ2) is 8.02. The van der Waals surface area contributed by atoms with Gasteiger partial charge in [-0.2, -0.15) is 5.10 Å². The summed E-state index contributed by atoms with van der Waals surface area (Å²) in [6, 6.07) is 13.0. The molecule has 2 aromatic heterocycles. The smallest absolute Gasteiger partial charge is 0.244 e. The first-order valence-corrected chi connectivity index (χ1v) is 10.9. The number of halogens is 1. The molecule has 27 heavy (non-hydrogen) atoms. The standard InChI is InChI=1S/C18H19ClN4O2S2/c1-13-16(18(19)23(21-13)14-7-5-4-6-8-14)12-26-17-10-9-15(11-20-17)27(24,25)22(2)3/h4-11H,12H2,1-3H3. The van der Waals surface area contributed by atoms with E-state index >= 15 is 0 Å². The van der Waals surface area contributed by atoms with Gasteiger partial charge in [-0.1, -0.05) is 29.8 Å². The van der Waals surface area contributed by atoms with Gasteiger partial charge in [0.15, 0.2) is 0 Å². The highest BCUT2D eigenvalue weighted by atomic mass is 35.5. The third kappa shape index (κ3) is 4.19. The zero-order chi connectivity index (χ0) is 19.6. The minimum Gasteiger partial charge on any atom is -0.249 e. The molecule has 0 aliphatic rings. The predicted molar refractivity (Wildman–Crippen MR) is 108 cm³/mol. The van der Waals surface area contributed by atoms with Gasteiger partial charge in [-0.15, -0.1) is 11.8 Å². The van der Waals surface area contributed by atoms with Crippen molar-refractivity contribution in [2.45, 2.75) is 22.6 Å². The first kappa shape index (κ1) is 19.9. The molecule has 0 bridgehead atoms. The van der Waals surface area contributed by atoms with Crippen LogP contribution in [0.3, 0.4) is 0 Å². The number of thioether (sulfide) groups is 1. The molecule has 6 nitrogen and oxygen atoms in total. The fraction of sp³-hybridized carbons (Fsp3) is 0.222. The quantitative estimate of drug-likeness (QED) is 0.565. The number of hydrogen-bond donors (Lipinski definition) is 0. The molecule has 0 amide bonds. The molecule has 3 aromatic rings. The molecule has 0 fully saturated rings. The molecule has 0 unspecified atom stereocenters. The number of para-hydroxylation sites is 1. The van der Waals surface area contributed by atoms with Crippen molar-refractivity contribution in [1.29, 1.82) is 0 Å². The minimum atomic E-state index is -3.47. The maximum absolute atomic E-state index is 12.1. The first-order valence-electron chi connectivity index (χ1n) is 8.11. The van der Waals surface area contributed by atoms with Crippen molar-refractivity contribution in [3.05, 3.63) is 65.1 Å². The van der Waals surface area contributed by atoms with E-state index in [1.165, 1.54) is 32.1 Å². The summed E-state index contributed by atoms with van der Waals surface area (Å²) >= 11 is 8.01. The van der Waals surface area contributed by atoms with Crippen LogP contribution >= 0.6 is 23.4 Å². The van der Waals surface area contributed by atoms with Crippen LogP contribution in [0, 0.1) is 6.92 Å². The molecule has 0 radical (unpaired) electrons. The van der Waals surface area contributed by atoms with Crippen LogP contribution in [0.2, 0.25) is 5.15 Å². The van der Waals surface area contributed by atoms with Crippen molar-refractivity contribution in [1.82, 2.24) is 19.1 Å². The Hall–Kier alpha value is -1.87. The Bertz CT molecular complexity index is 1030. The van der Waals surface area contributed by atoms with Crippen molar-refractivity contribution in [3.63, 3.8) is 0 Å². The predicted octanol–water partition coefficient (Wildman–Crippen LogP) is 3.77. The SMILES string of the molecule is Cc1nn(-c2ccccc2)c(Cl)c1CSc1ccc(S(=O)(=O)N(C)C)cn1. The van der Waals surface area contributed by atoms with Crippen LogP contribution in [0.1, 0.15) is 11.3 Å². The van der Waals surface area contributed by atoms with E-state index in [1.807, 2.05) is 37.3 Å². The topological polar surface area (TPSA) is 68.1 Å². The van der Waals surface area contributed by atoms with Crippen LogP contribution < -0.4 is 0 Å². The van der Waals surface area contributed by atoms with E-state index < -0.39 is 10.0 Å². The van der Waals surface area contributed by atoms with Gasteiger partial charge in [-0.05, 0) is 31.2 Å². The lowest BCUT2D eigenvalue weighted by Crippen LogP contribution is -2.22. The lowest BCUT2D eigenvalue weighted by molar-refractivity contribution is 0.520. The van der Waals surface area contributed by atoms with Crippen LogP contribution in [0.5, 0.6) is 0 Å². The number of hydrogen-bond acceptors (Lipinski definition) is 5. The molecule has 0 aliphatic heterocycles. The molecule has 0 spiro atoms. The highest BCUT2D eigenvalue weighted by Crippen LogP contribution is 2.30. The summed E-state index contributed by atoms with van der Waals surface area (Å²) in [7, 11) is -0.488. The number of nitrogens with zero attached hydrogens (tertiary/aromatic N) is 4. The molecule has 142 valence electrons. The molecular weight excluding hydrogens is 404 g/mol. The summed E-state index contributed by atoms with van der Waals surface area (Å²) < 4.78 is 27.1. The molecule has 1 aromatic carbocycles. The van der Waals surface area contributed by atoms with Crippen molar-refractivity contribution in [3.8, 4) is 5.69 Å². The normalized spacial score (nSPS) is 11.9. The average Bonchev–Trinajstić information content (AvgIpc) is 2.95. The van der Waals surface area contributed by atoms with Crippen molar-refractivity contribution < 1.29 is 8.42 Å². The van der Waals surface area contributed by atoms with Crippen LogP contribution in [-0.4, -0.2) is 41.6 Å². The molecule has 2 heterocycles. The number of benzene rings is 1. The fourth-order valence-corrected chi connectivity index (χ4v) is 4.59. The summed E-state index contributed by atoms with van der Waals surface area (Å²) in [5.41, 5.74) is 2.68. The minimum absolute atomic E-state index is 0.169. The monoisotopic (exact) mass is 422 g/mol. The second-order valence-electron chi connectivity index (χ2n) is 6.01. The molecule has 0 saturated heterocycles. The van der Waals surface area contributed by atoms with Crippen molar-refractivity contribution in [2.75, 3.05) is 14.1 Å². The van der Waals surface area contributed by atoms with Gasteiger partial charge in [-0.3, -0.25) is 0 Å². The van der Waals surface area contributed by atoms with Crippen LogP contribution in [-0.2, 0) is 15.8 Å². The number of aromatic nitrogens is 3. The largest absolute Gasteiger partial charge is 0.249 e. The van der Waals surface area contributed by atoms with E-state index in [-0.39, 0.29) is 4.90 Å². The van der Waals surface area contributed by atoms with Gasteiger partial charge in [0, 0.05) is 31.6 Å². The maximum Gasteiger partial charge on any atom is 0.244 e. The Balaban J connectivity index is 1.77. The number of pyridine rings is 1. The zero-order valence-electron chi connectivity index (χ0n) is 15.1. The van der Waals surface area contributed by atoms with Crippen molar-refractivity contribution >= 4 is 33.4 Å². The summed E-state index contributed by atoms with van der Waals surface area (Å²) in [6.45, 7) is 1.92. The van der Waals surface area contributed by atoms with Crippen LogP contribution in [0.4, 0.5) is 0 Å². The van der Waals surface area contributed by atoms with Crippen molar-refractivity contribution in [2.24, 2.45) is 0 Å². The van der Waals surface area contributed by atoms with Gasteiger partial charge >= 0.3 is 0 Å². The Labute approximate surface area is 168 Å². The summed E-state index contributed by atoms with van der Waals surface area (Å²) in [5, 5.41) is 5.81. The van der Waals surface area contributed by atoms with Crippen LogP contribution in [0.15, 0.2) is 58.6 Å². The van der Waals surface area contributed by atoms with E-state index in [4.69, 9.17) is 11.6 Å².